The van der Waals surface area contributed by atoms with Crippen molar-refractivity contribution in [3.05, 3.63) is 5.32 Å². The molecule has 0 N–H and O–H groups in total. The van der Waals surface area contributed by atoms with Crippen LogP contribution in [-0.2, 0) is 0 Å². The maximum absolute atomic E-state index is 4.23. The van der Waals surface area contributed by atoms with E-state index in [1.165, 1.54) is 12.8 Å². The molecule has 0 radical (unpaired) electrons. The van der Waals surface area contributed by atoms with E-state index in [2.05, 4.69) is 12.2 Å². The molecule has 60 valence electrons. The Morgan fingerprint density at radius 1 is 1.10 bits per heavy atom. The largest absolute Gasteiger partial charge is 0.662 e. The molecule has 1 fully saturated rings. The molecule has 1 aliphatic rings. The van der Waals surface area contributed by atoms with E-state index < -0.39 is 0 Å². The van der Waals surface area contributed by atoms with Crippen molar-refractivity contribution in [3.63, 3.8) is 0 Å². The second-order valence-corrected chi connectivity index (χ2v) is 2.35. The third-order valence-electron chi connectivity index (χ3n) is 1.56. The van der Waals surface area contributed by atoms with E-state index in [0.717, 1.165) is 19.0 Å². The van der Waals surface area contributed by atoms with Gasteiger partial charge in [0.25, 0.3) is 0 Å². The Bertz CT molecular complexity index is 51.2. The van der Waals surface area contributed by atoms with Crippen molar-refractivity contribution in [2.45, 2.75) is 33.6 Å². The second kappa shape index (κ2) is 10.0. The molecule has 1 nitrogen and oxygen atoms in total. The number of nitrogens with zero attached hydrogens (tertiary/aromatic N) is 1. The molecule has 0 saturated carbocycles. The van der Waals surface area contributed by atoms with E-state index in [-0.39, 0.29) is 31.1 Å². The fourth-order valence-electron chi connectivity index (χ4n) is 0.879. The van der Waals surface area contributed by atoms with Gasteiger partial charge in [-0.3, -0.25) is 0 Å². The Morgan fingerprint density at radius 3 is 1.70 bits per heavy atom. The van der Waals surface area contributed by atoms with E-state index in [1.807, 2.05) is 13.8 Å². The second-order valence-electron chi connectivity index (χ2n) is 2.35. The summed E-state index contributed by atoms with van der Waals surface area (Å²) < 4.78 is 0. The summed E-state index contributed by atoms with van der Waals surface area (Å²) in [5, 5.41) is 4.23. The van der Waals surface area contributed by atoms with Gasteiger partial charge < -0.3 is 5.32 Å². The van der Waals surface area contributed by atoms with Crippen molar-refractivity contribution in [2.75, 3.05) is 13.1 Å². The van der Waals surface area contributed by atoms with Gasteiger partial charge in [-0.1, -0.05) is 33.6 Å². The van der Waals surface area contributed by atoms with Gasteiger partial charge in [-0.2, -0.15) is 0 Å². The molecule has 0 unspecified atom stereocenters. The molecule has 0 spiro atoms. The van der Waals surface area contributed by atoms with Crippen LogP contribution >= 0.6 is 0 Å². The number of rotatable bonds is 0. The minimum atomic E-state index is 0. The molecule has 0 aromatic heterocycles. The molecule has 0 amide bonds. The maximum atomic E-state index is 4.23. The summed E-state index contributed by atoms with van der Waals surface area (Å²) in [5.74, 6) is 0.942. The summed E-state index contributed by atoms with van der Waals surface area (Å²) in [4.78, 5) is 0. The molecular weight excluding hydrogens is 348 g/mol. The van der Waals surface area contributed by atoms with Crippen LogP contribution in [0.1, 0.15) is 33.6 Å². The van der Waals surface area contributed by atoms with E-state index >= 15 is 0 Å². The first-order chi connectivity index (χ1) is 4.39. The zero-order valence-electron chi connectivity index (χ0n) is 7.35. The first kappa shape index (κ1) is 13.6. The first-order valence-corrected chi connectivity index (χ1v) is 4.03. The van der Waals surface area contributed by atoms with Crippen LogP contribution in [0.2, 0.25) is 0 Å². The Hall–Kier alpha value is 1.01. The number of hydrogen-bond acceptors (Lipinski definition) is 0. The topological polar surface area (TPSA) is 14.1 Å². The van der Waals surface area contributed by atoms with Crippen LogP contribution in [0.5, 0.6) is 0 Å². The minimum absolute atomic E-state index is 0. The standard InChI is InChI=1S/C6H12N.C2H6.U/c1-6-2-4-7-5-3-6;1-2;/h6H,2-5H2,1H3;1-2H3;/q-1;;. The molecule has 10 heavy (non-hydrogen) atoms. The third-order valence-corrected chi connectivity index (χ3v) is 1.56. The van der Waals surface area contributed by atoms with E-state index in [1.54, 1.807) is 0 Å². The zero-order valence-corrected chi connectivity index (χ0v) is 11.5. The predicted octanol–water partition coefficient (Wildman–Crippen LogP) is 2.82. The molecular formula is C8H18NU-. The van der Waals surface area contributed by atoms with Crippen LogP contribution in [0.25, 0.3) is 5.32 Å². The van der Waals surface area contributed by atoms with Crippen LogP contribution in [0.3, 0.4) is 0 Å². The van der Waals surface area contributed by atoms with Crippen molar-refractivity contribution < 1.29 is 31.1 Å². The van der Waals surface area contributed by atoms with Crippen molar-refractivity contribution in [3.8, 4) is 0 Å². The molecule has 1 heterocycles. The Kier molecular flexibility index (Phi) is 13.6. The fraction of sp³-hybridized carbons (Fsp3) is 1.00. The molecule has 0 aromatic carbocycles. The van der Waals surface area contributed by atoms with Crippen LogP contribution < -0.4 is 0 Å². The van der Waals surface area contributed by atoms with Crippen molar-refractivity contribution in [1.29, 1.82) is 0 Å². The predicted molar refractivity (Wildman–Crippen MR) is 42.8 cm³/mol. The van der Waals surface area contributed by atoms with E-state index in [0.29, 0.717) is 0 Å². The van der Waals surface area contributed by atoms with Crippen LogP contribution in [0.4, 0.5) is 0 Å². The Labute approximate surface area is 88.7 Å². The monoisotopic (exact) mass is 366 g/mol. The molecule has 1 rings (SSSR count). The Balaban J connectivity index is 0. The molecule has 0 aliphatic carbocycles. The molecule has 2 heteroatoms. The van der Waals surface area contributed by atoms with Gasteiger partial charge in [0, 0.05) is 31.1 Å². The quantitative estimate of drug-likeness (QED) is 0.626. The molecule has 0 atom stereocenters. The van der Waals surface area contributed by atoms with Gasteiger partial charge in [0.05, 0.1) is 0 Å². The Morgan fingerprint density at radius 2 is 1.50 bits per heavy atom. The van der Waals surface area contributed by atoms with Crippen LogP contribution in [0.15, 0.2) is 0 Å². The van der Waals surface area contributed by atoms with E-state index in [4.69, 9.17) is 0 Å². The summed E-state index contributed by atoms with van der Waals surface area (Å²) in [6.07, 6.45) is 2.64. The van der Waals surface area contributed by atoms with Crippen LogP contribution in [-0.4, -0.2) is 13.1 Å². The fourth-order valence-corrected chi connectivity index (χ4v) is 0.879. The SMILES string of the molecule is CC.CC1CC[N-]CC1.[U]. The van der Waals surface area contributed by atoms with Crippen molar-refractivity contribution in [2.24, 2.45) is 5.92 Å². The summed E-state index contributed by atoms with van der Waals surface area (Å²) in [6, 6.07) is 0. The summed E-state index contributed by atoms with van der Waals surface area (Å²) >= 11 is 0. The normalized spacial score (nSPS) is 18.3. The van der Waals surface area contributed by atoms with Crippen molar-refractivity contribution >= 4 is 0 Å². The minimum Gasteiger partial charge on any atom is -0.662 e. The number of hydrogen-bond donors (Lipinski definition) is 0. The molecule has 0 aromatic rings. The van der Waals surface area contributed by atoms with Gasteiger partial charge in [-0.05, 0) is 5.92 Å². The summed E-state index contributed by atoms with van der Waals surface area (Å²) in [7, 11) is 0. The van der Waals surface area contributed by atoms with Crippen molar-refractivity contribution in [1.82, 2.24) is 0 Å². The van der Waals surface area contributed by atoms with Gasteiger partial charge >= 0.3 is 0 Å². The maximum Gasteiger partial charge on any atom is 0 e. The summed E-state index contributed by atoms with van der Waals surface area (Å²) in [6.45, 7) is 8.52. The van der Waals surface area contributed by atoms with Gasteiger partial charge in [-0.25, -0.2) is 0 Å². The molecule has 0 bridgehead atoms. The third kappa shape index (κ3) is 7.12. The first-order valence-electron chi connectivity index (χ1n) is 4.03. The van der Waals surface area contributed by atoms with Crippen LogP contribution in [0, 0.1) is 37.0 Å². The number of piperidine rings is 1. The smallest absolute Gasteiger partial charge is 0 e. The van der Waals surface area contributed by atoms with Gasteiger partial charge in [0.2, 0.25) is 0 Å². The van der Waals surface area contributed by atoms with Gasteiger partial charge in [0.1, 0.15) is 0 Å². The van der Waals surface area contributed by atoms with E-state index in [9.17, 15) is 0 Å². The summed E-state index contributed by atoms with van der Waals surface area (Å²) in [5.41, 5.74) is 0. The molecule has 1 aliphatic heterocycles. The average molecular weight is 366 g/mol. The zero-order chi connectivity index (χ0) is 7.11. The van der Waals surface area contributed by atoms with Gasteiger partial charge in [-0.15, -0.1) is 13.1 Å². The average Bonchev–Trinajstić information content (AvgIpc) is 1.94. The molecule has 1 saturated heterocycles. The van der Waals surface area contributed by atoms with Gasteiger partial charge in [0.15, 0.2) is 0 Å².